The molecule has 1 aromatic heterocycles. The molecule has 1 unspecified atom stereocenters. The first-order chi connectivity index (χ1) is 7.11. The van der Waals surface area contributed by atoms with Gasteiger partial charge in [-0.05, 0) is 26.0 Å². The standard InChI is InChI=1S/C11H18N2O2/c1-4-15-8-11(2,12)10-9(14-3)6-5-7-13-10/h5-7H,4,8,12H2,1-3H3. The zero-order valence-electron chi connectivity index (χ0n) is 9.49. The Balaban J connectivity index is 2.92. The van der Waals surface area contributed by atoms with E-state index in [-0.39, 0.29) is 0 Å². The van der Waals surface area contributed by atoms with E-state index in [0.717, 1.165) is 5.69 Å². The van der Waals surface area contributed by atoms with Crippen molar-refractivity contribution in [3.8, 4) is 5.75 Å². The number of hydrogen-bond acceptors (Lipinski definition) is 4. The number of nitrogens with zero attached hydrogens (tertiary/aromatic N) is 1. The monoisotopic (exact) mass is 210 g/mol. The van der Waals surface area contributed by atoms with Crippen LogP contribution in [0.4, 0.5) is 0 Å². The zero-order valence-corrected chi connectivity index (χ0v) is 9.49. The smallest absolute Gasteiger partial charge is 0.142 e. The van der Waals surface area contributed by atoms with Gasteiger partial charge in [-0.1, -0.05) is 0 Å². The second-order valence-corrected chi connectivity index (χ2v) is 3.61. The van der Waals surface area contributed by atoms with Crippen LogP contribution >= 0.6 is 0 Å². The van der Waals surface area contributed by atoms with E-state index in [4.69, 9.17) is 15.2 Å². The van der Waals surface area contributed by atoms with Gasteiger partial charge in [0.25, 0.3) is 0 Å². The van der Waals surface area contributed by atoms with Gasteiger partial charge in [0, 0.05) is 12.8 Å². The Morgan fingerprint density at radius 3 is 2.87 bits per heavy atom. The number of nitrogens with two attached hydrogens (primary N) is 1. The fourth-order valence-electron chi connectivity index (χ4n) is 1.37. The Labute approximate surface area is 90.4 Å². The van der Waals surface area contributed by atoms with Crippen molar-refractivity contribution >= 4 is 0 Å². The van der Waals surface area contributed by atoms with E-state index in [9.17, 15) is 0 Å². The number of pyridine rings is 1. The molecule has 0 aromatic carbocycles. The summed E-state index contributed by atoms with van der Waals surface area (Å²) >= 11 is 0. The van der Waals surface area contributed by atoms with Gasteiger partial charge in [-0.3, -0.25) is 4.98 Å². The van der Waals surface area contributed by atoms with Crippen molar-refractivity contribution in [3.05, 3.63) is 24.0 Å². The molecule has 0 fully saturated rings. The highest BCUT2D eigenvalue weighted by molar-refractivity contribution is 5.32. The van der Waals surface area contributed by atoms with Gasteiger partial charge in [-0.2, -0.15) is 0 Å². The Morgan fingerprint density at radius 2 is 2.27 bits per heavy atom. The molecule has 0 radical (unpaired) electrons. The number of aromatic nitrogens is 1. The molecule has 4 nitrogen and oxygen atoms in total. The molecule has 4 heteroatoms. The largest absolute Gasteiger partial charge is 0.495 e. The molecule has 0 amide bonds. The first-order valence-corrected chi connectivity index (χ1v) is 4.98. The summed E-state index contributed by atoms with van der Waals surface area (Å²) in [6.07, 6.45) is 1.70. The highest BCUT2D eigenvalue weighted by Crippen LogP contribution is 2.25. The molecule has 1 atom stereocenters. The third-order valence-corrected chi connectivity index (χ3v) is 2.14. The van der Waals surface area contributed by atoms with Crippen molar-refractivity contribution in [1.82, 2.24) is 4.98 Å². The third-order valence-electron chi connectivity index (χ3n) is 2.14. The van der Waals surface area contributed by atoms with E-state index in [1.807, 2.05) is 26.0 Å². The Hall–Kier alpha value is -1.13. The molecule has 0 aliphatic rings. The van der Waals surface area contributed by atoms with E-state index in [0.29, 0.717) is 19.0 Å². The van der Waals surface area contributed by atoms with Crippen LogP contribution in [0.3, 0.4) is 0 Å². The van der Waals surface area contributed by atoms with Crippen molar-refractivity contribution < 1.29 is 9.47 Å². The van der Waals surface area contributed by atoms with Crippen LogP contribution in [0.2, 0.25) is 0 Å². The summed E-state index contributed by atoms with van der Waals surface area (Å²) < 4.78 is 10.5. The summed E-state index contributed by atoms with van der Waals surface area (Å²) in [5.74, 6) is 0.696. The van der Waals surface area contributed by atoms with E-state index in [1.165, 1.54) is 0 Å². The number of methoxy groups -OCH3 is 1. The molecule has 0 aliphatic carbocycles. The molecule has 1 heterocycles. The molecular formula is C11H18N2O2. The van der Waals surface area contributed by atoms with Crippen LogP contribution in [0, 0.1) is 0 Å². The molecule has 0 bridgehead atoms. The minimum Gasteiger partial charge on any atom is -0.495 e. The van der Waals surface area contributed by atoms with Crippen molar-refractivity contribution in [2.75, 3.05) is 20.3 Å². The molecule has 0 spiro atoms. The zero-order chi connectivity index (χ0) is 11.3. The Morgan fingerprint density at radius 1 is 1.53 bits per heavy atom. The van der Waals surface area contributed by atoms with Gasteiger partial charge in [0.05, 0.1) is 19.3 Å². The fourth-order valence-corrected chi connectivity index (χ4v) is 1.37. The lowest BCUT2D eigenvalue weighted by Crippen LogP contribution is -2.39. The summed E-state index contributed by atoms with van der Waals surface area (Å²) in [5.41, 5.74) is 6.23. The maximum atomic E-state index is 6.13. The Kier molecular flexibility index (Phi) is 4.05. The van der Waals surface area contributed by atoms with Crippen LogP contribution in [0.15, 0.2) is 18.3 Å². The van der Waals surface area contributed by atoms with Crippen LogP contribution in [0.25, 0.3) is 0 Å². The lowest BCUT2D eigenvalue weighted by Gasteiger charge is -2.25. The highest BCUT2D eigenvalue weighted by atomic mass is 16.5. The quantitative estimate of drug-likeness (QED) is 0.796. The number of ether oxygens (including phenoxy) is 2. The van der Waals surface area contributed by atoms with E-state index >= 15 is 0 Å². The minimum atomic E-state index is -0.622. The molecule has 84 valence electrons. The topological polar surface area (TPSA) is 57.4 Å². The molecule has 0 saturated heterocycles. The van der Waals surface area contributed by atoms with Gasteiger partial charge in [0.1, 0.15) is 11.4 Å². The van der Waals surface area contributed by atoms with Gasteiger partial charge in [-0.15, -0.1) is 0 Å². The molecule has 2 N–H and O–H groups in total. The van der Waals surface area contributed by atoms with Gasteiger partial charge in [-0.25, -0.2) is 0 Å². The first-order valence-electron chi connectivity index (χ1n) is 4.98. The first kappa shape index (κ1) is 11.9. The fraction of sp³-hybridized carbons (Fsp3) is 0.545. The highest BCUT2D eigenvalue weighted by Gasteiger charge is 2.26. The molecule has 1 aromatic rings. The second kappa shape index (κ2) is 5.09. The molecular weight excluding hydrogens is 192 g/mol. The third kappa shape index (κ3) is 2.91. The minimum absolute atomic E-state index is 0.427. The van der Waals surface area contributed by atoms with Crippen LogP contribution in [-0.2, 0) is 10.3 Å². The predicted octanol–water partition coefficient (Wildman–Crippen LogP) is 1.30. The summed E-state index contributed by atoms with van der Waals surface area (Å²) in [4.78, 5) is 4.24. The second-order valence-electron chi connectivity index (χ2n) is 3.61. The number of rotatable bonds is 5. The summed E-state index contributed by atoms with van der Waals surface area (Å²) in [7, 11) is 1.61. The summed E-state index contributed by atoms with van der Waals surface area (Å²) in [5, 5.41) is 0. The average molecular weight is 210 g/mol. The maximum absolute atomic E-state index is 6.13. The normalized spacial score (nSPS) is 14.7. The average Bonchev–Trinajstić information content (AvgIpc) is 2.26. The predicted molar refractivity (Wildman–Crippen MR) is 58.8 cm³/mol. The van der Waals surface area contributed by atoms with Crippen LogP contribution in [0.1, 0.15) is 19.5 Å². The Bertz CT molecular complexity index is 313. The molecule has 0 saturated carbocycles. The summed E-state index contributed by atoms with van der Waals surface area (Å²) in [6.45, 7) is 4.89. The van der Waals surface area contributed by atoms with Crippen molar-refractivity contribution in [3.63, 3.8) is 0 Å². The lowest BCUT2D eigenvalue weighted by molar-refractivity contribution is 0.0979. The van der Waals surface area contributed by atoms with Gasteiger partial charge >= 0.3 is 0 Å². The SMILES string of the molecule is CCOCC(C)(N)c1ncccc1OC. The van der Waals surface area contributed by atoms with Crippen molar-refractivity contribution in [1.29, 1.82) is 0 Å². The van der Waals surface area contributed by atoms with Gasteiger partial charge < -0.3 is 15.2 Å². The van der Waals surface area contributed by atoms with E-state index < -0.39 is 5.54 Å². The summed E-state index contributed by atoms with van der Waals surface area (Å²) in [6, 6.07) is 3.67. The van der Waals surface area contributed by atoms with Crippen molar-refractivity contribution in [2.24, 2.45) is 5.73 Å². The van der Waals surface area contributed by atoms with Gasteiger partial charge in [0.2, 0.25) is 0 Å². The molecule has 0 aliphatic heterocycles. The van der Waals surface area contributed by atoms with E-state index in [1.54, 1.807) is 13.3 Å². The van der Waals surface area contributed by atoms with Crippen LogP contribution in [0.5, 0.6) is 5.75 Å². The lowest BCUT2D eigenvalue weighted by atomic mass is 9.99. The molecule has 1 rings (SSSR count). The maximum Gasteiger partial charge on any atom is 0.142 e. The van der Waals surface area contributed by atoms with E-state index in [2.05, 4.69) is 4.98 Å². The molecule has 15 heavy (non-hydrogen) atoms. The van der Waals surface area contributed by atoms with Crippen LogP contribution in [-0.4, -0.2) is 25.3 Å². The van der Waals surface area contributed by atoms with Gasteiger partial charge in [0.15, 0.2) is 0 Å². The van der Waals surface area contributed by atoms with Crippen molar-refractivity contribution in [2.45, 2.75) is 19.4 Å². The number of hydrogen-bond donors (Lipinski definition) is 1. The van der Waals surface area contributed by atoms with Crippen LogP contribution < -0.4 is 10.5 Å².